The average molecular weight is 379 g/mol. The summed E-state index contributed by atoms with van der Waals surface area (Å²) in [5, 5.41) is 3.63. The van der Waals surface area contributed by atoms with Gasteiger partial charge in [-0.3, -0.25) is 9.59 Å². The van der Waals surface area contributed by atoms with Crippen molar-refractivity contribution < 1.29 is 9.59 Å². The van der Waals surface area contributed by atoms with Gasteiger partial charge in [-0.1, -0.05) is 48.3 Å². The number of para-hydroxylation sites is 1. The fraction of sp³-hybridized carbons (Fsp3) is 0.263. The van der Waals surface area contributed by atoms with Crippen LogP contribution >= 0.6 is 23.2 Å². The van der Waals surface area contributed by atoms with Crippen molar-refractivity contribution >= 4 is 46.4 Å². The number of halogens is 2. The molecule has 0 radical (unpaired) electrons. The van der Waals surface area contributed by atoms with E-state index in [1.54, 1.807) is 23.1 Å². The molecule has 6 heteroatoms. The topological polar surface area (TPSA) is 49.4 Å². The molecule has 2 aromatic carbocycles. The largest absolute Gasteiger partial charge is 0.325 e. The molecule has 0 fully saturated rings. The standard InChI is InChI=1S/C19H20Cl2N2O2/c1-3-14-6-4-5-7-18(14)23(13(2)24)11-10-19(25)22-17-12-15(20)8-9-16(17)21/h4-9,12H,3,10-11H2,1-2H3,(H,22,25). The van der Waals surface area contributed by atoms with Gasteiger partial charge in [0.05, 0.1) is 10.7 Å². The quantitative estimate of drug-likeness (QED) is 0.773. The highest BCUT2D eigenvalue weighted by molar-refractivity contribution is 6.35. The molecular formula is C19H20Cl2N2O2. The average Bonchev–Trinajstić information content (AvgIpc) is 2.58. The Morgan fingerprint density at radius 1 is 1.12 bits per heavy atom. The van der Waals surface area contributed by atoms with Crippen molar-refractivity contribution in [3.63, 3.8) is 0 Å². The van der Waals surface area contributed by atoms with Crippen LogP contribution in [-0.4, -0.2) is 18.4 Å². The zero-order chi connectivity index (χ0) is 18.4. The van der Waals surface area contributed by atoms with Gasteiger partial charge in [-0.05, 0) is 36.2 Å². The molecule has 0 bridgehead atoms. The number of hydrogen-bond donors (Lipinski definition) is 1. The summed E-state index contributed by atoms with van der Waals surface area (Å²) in [5.41, 5.74) is 2.37. The Balaban J connectivity index is 2.07. The number of nitrogens with one attached hydrogen (secondary N) is 1. The number of rotatable bonds is 6. The summed E-state index contributed by atoms with van der Waals surface area (Å²) in [5.74, 6) is -0.334. The normalized spacial score (nSPS) is 10.4. The molecule has 0 aliphatic carbocycles. The minimum atomic E-state index is -0.232. The molecule has 132 valence electrons. The number of nitrogens with zero attached hydrogens (tertiary/aromatic N) is 1. The van der Waals surface area contributed by atoms with Crippen LogP contribution in [0.2, 0.25) is 10.0 Å². The van der Waals surface area contributed by atoms with E-state index < -0.39 is 0 Å². The van der Waals surface area contributed by atoms with Crippen LogP contribution in [0.3, 0.4) is 0 Å². The maximum absolute atomic E-state index is 12.2. The molecule has 2 amide bonds. The van der Waals surface area contributed by atoms with Crippen molar-refractivity contribution in [2.45, 2.75) is 26.7 Å². The Kier molecular flexibility index (Phi) is 6.85. The van der Waals surface area contributed by atoms with E-state index in [0.717, 1.165) is 17.7 Å². The van der Waals surface area contributed by atoms with Gasteiger partial charge in [-0.2, -0.15) is 0 Å². The predicted octanol–water partition coefficient (Wildman–Crippen LogP) is 4.94. The number of hydrogen-bond acceptors (Lipinski definition) is 2. The van der Waals surface area contributed by atoms with Gasteiger partial charge in [0, 0.05) is 30.6 Å². The third kappa shape index (κ3) is 5.21. The Morgan fingerprint density at radius 2 is 1.84 bits per heavy atom. The number of carbonyl (C=O) groups excluding carboxylic acids is 2. The lowest BCUT2D eigenvalue weighted by Crippen LogP contribution is -2.32. The lowest BCUT2D eigenvalue weighted by atomic mass is 10.1. The molecule has 2 aromatic rings. The van der Waals surface area contributed by atoms with Crippen LogP contribution in [0.4, 0.5) is 11.4 Å². The van der Waals surface area contributed by atoms with Crippen molar-refractivity contribution in [2.75, 3.05) is 16.8 Å². The third-order valence-corrected chi connectivity index (χ3v) is 4.37. The molecule has 0 unspecified atom stereocenters. The lowest BCUT2D eigenvalue weighted by Gasteiger charge is -2.23. The van der Waals surface area contributed by atoms with Crippen LogP contribution in [0.5, 0.6) is 0 Å². The van der Waals surface area contributed by atoms with E-state index in [4.69, 9.17) is 23.2 Å². The molecule has 0 aliphatic rings. The first-order valence-electron chi connectivity index (χ1n) is 8.03. The number of carbonyl (C=O) groups is 2. The number of aryl methyl sites for hydroxylation is 1. The molecule has 0 aromatic heterocycles. The van der Waals surface area contributed by atoms with Gasteiger partial charge in [-0.25, -0.2) is 0 Å². The van der Waals surface area contributed by atoms with E-state index in [1.807, 2.05) is 31.2 Å². The van der Waals surface area contributed by atoms with E-state index in [-0.39, 0.29) is 24.8 Å². The van der Waals surface area contributed by atoms with Crippen LogP contribution in [0.15, 0.2) is 42.5 Å². The van der Waals surface area contributed by atoms with E-state index in [1.165, 1.54) is 6.92 Å². The summed E-state index contributed by atoms with van der Waals surface area (Å²) in [6.45, 7) is 3.82. The summed E-state index contributed by atoms with van der Waals surface area (Å²) < 4.78 is 0. The van der Waals surface area contributed by atoms with Crippen LogP contribution in [0.1, 0.15) is 25.8 Å². The summed E-state index contributed by atoms with van der Waals surface area (Å²) in [6, 6.07) is 12.6. The van der Waals surface area contributed by atoms with Gasteiger partial charge in [0.25, 0.3) is 0 Å². The number of amides is 2. The van der Waals surface area contributed by atoms with Crippen LogP contribution in [0.25, 0.3) is 0 Å². The predicted molar refractivity (Wildman–Crippen MR) is 104 cm³/mol. The minimum absolute atomic E-state index is 0.102. The molecule has 0 saturated carbocycles. The minimum Gasteiger partial charge on any atom is -0.325 e. The molecule has 2 rings (SSSR count). The Morgan fingerprint density at radius 3 is 2.52 bits per heavy atom. The summed E-state index contributed by atoms with van der Waals surface area (Å²) in [6.07, 6.45) is 0.963. The molecular weight excluding hydrogens is 359 g/mol. The van der Waals surface area contributed by atoms with Gasteiger partial charge in [-0.15, -0.1) is 0 Å². The number of anilines is 2. The SMILES string of the molecule is CCc1ccccc1N(CCC(=O)Nc1cc(Cl)ccc1Cl)C(C)=O. The highest BCUT2D eigenvalue weighted by Gasteiger charge is 2.16. The second-order valence-electron chi connectivity index (χ2n) is 5.58. The second kappa shape index (κ2) is 8.88. The maximum Gasteiger partial charge on any atom is 0.226 e. The van der Waals surface area contributed by atoms with Gasteiger partial charge < -0.3 is 10.2 Å². The molecule has 25 heavy (non-hydrogen) atoms. The molecule has 0 spiro atoms. The van der Waals surface area contributed by atoms with Crippen LogP contribution in [0, 0.1) is 0 Å². The molecule has 0 aliphatic heterocycles. The molecule has 0 atom stereocenters. The van der Waals surface area contributed by atoms with Gasteiger partial charge in [0.1, 0.15) is 0 Å². The Hall–Kier alpha value is -2.04. The highest BCUT2D eigenvalue weighted by atomic mass is 35.5. The van der Waals surface area contributed by atoms with Crippen molar-refractivity contribution in [3.05, 3.63) is 58.1 Å². The van der Waals surface area contributed by atoms with E-state index >= 15 is 0 Å². The van der Waals surface area contributed by atoms with Crippen molar-refractivity contribution in [3.8, 4) is 0 Å². The first-order chi connectivity index (χ1) is 11.9. The van der Waals surface area contributed by atoms with Gasteiger partial charge in [0.15, 0.2) is 0 Å². The van der Waals surface area contributed by atoms with Crippen LogP contribution < -0.4 is 10.2 Å². The molecule has 0 saturated heterocycles. The highest BCUT2D eigenvalue weighted by Crippen LogP contribution is 2.26. The van der Waals surface area contributed by atoms with Gasteiger partial charge in [0.2, 0.25) is 11.8 Å². The first kappa shape index (κ1) is 19.3. The summed E-state index contributed by atoms with van der Waals surface area (Å²) in [7, 11) is 0. The van der Waals surface area contributed by atoms with Crippen molar-refractivity contribution in [1.29, 1.82) is 0 Å². The number of benzene rings is 2. The first-order valence-corrected chi connectivity index (χ1v) is 8.79. The van der Waals surface area contributed by atoms with E-state index in [0.29, 0.717) is 15.7 Å². The zero-order valence-electron chi connectivity index (χ0n) is 14.2. The summed E-state index contributed by atoms with van der Waals surface area (Å²) in [4.78, 5) is 25.9. The van der Waals surface area contributed by atoms with E-state index in [9.17, 15) is 9.59 Å². The Bertz CT molecular complexity index is 778. The monoisotopic (exact) mass is 378 g/mol. The van der Waals surface area contributed by atoms with Crippen molar-refractivity contribution in [2.24, 2.45) is 0 Å². The second-order valence-corrected chi connectivity index (χ2v) is 6.42. The molecule has 4 nitrogen and oxygen atoms in total. The van der Waals surface area contributed by atoms with Gasteiger partial charge >= 0.3 is 0 Å². The third-order valence-electron chi connectivity index (χ3n) is 3.81. The maximum atomic E-state index is 12.2. The fourth-order valence-corrected chi connectivity index (χ4v) is 2.88. The van der Waals surface area contributed by atoms with Crippen LogP contribution in [-0.2, 0) is 16.0 Å². The van der Waals surface area contributed by atoms with Crippen molar-refractivity contribution in [1.82, 2.24) is 0 Å². The van der Waals surface area contributed by atoms with E-state index in [2.05, 4.69) is 5.32 Å². The summed E-state index contributed by atoms with van der Waals surface area (Å²) >= 11 is 12.0. The Labute approximate surface area is 157 Å². The zero-order valence-corrected chi connectivity index (χ0v) is 15.7. The fourth-order valence-electron chi connectivity index (χ4n) is 2.54. The molecule has 1 N–H and O–H groups in total. The smallest absolute Gasteiger partial charge is 0.226 e. The molecule has 0 heterocycles. The lowest BCUT2D eigenvalue weighted by molar-refractivity contribution is -0.117.